The summed E-state index contributed by atoms with van der Waals surface area (Å²) in [6.07, 6.45) is 0. The molecule has 0 fully saturated rings. The lowest BCUT2D eigenvalue weighted by molar-refractivity contribution is -0.143. The summed E-state index contributed by atoms with van der Waals surface area (Å²) in [5.41, 5.74) is 2.25. The van der Waals surface area contributed by atoms with Crippen LogP contribution in [0.25, 0.3) is 11.0 Å². The van der Waals surface area contributed by atoms with Gasteiger partial charge in [0.1, 0.15) is 11.3 Å². The minimum atomic E-state index is -0.691. The van der Waals surface area contributed by atoms with E-state index in [0.717, 1.165) is 22.3 Å². The number of hydrogen-bond donors (Lipinski definition) is 0. The second-order valence-corrected chi connectivity index (χ2v) is 4.72. The zero-order valence-corrected chi connectivity index (χ0v) is 12.3. The molecule has 112 valence electrons. The number of nitrogens with zero attached hydrogens (tertiary/aromatic N) is 3. The van der Waals surface area contributed by atoms with Crippen LogP contribution in [0.15, 0.2) is 48.5 Å². The second kappa shape index (κ2) is 5.85. The maximum Gasteiger partial charge on any atom is 0.335 e. The highest BCUT2D eigenvalue weighted by Gasteiger charge is 2.26. The van der Waals surface area contributed by atoms with Crippen molar-refractivity contribution < 1.29 is 14.3 Å². The van der Waals surface area contributed by atoms with Crippen molar-refractivity contribution in [1.29, 1.82) is 0 Å². The van der Waals surface area contributed by atoms with Gasteiger partial charge in [-0.3, -0.25) is 0 Å². The molecule has 2 aromatic carbocycles. The van der Waals surface area contributed by atoms with Gasteiger partial charge in [0, 0.05) is 0 Å². The predicted molar refractivity (Wildman–Crippen MR) is 80.7 cm³/mol. The van der Waals surface area contributed by atoms with Crippen LogP contribution in [-0.4, -0.2) is 35.2 Å². The molecule has 1 aromatic heterocycles. The van der Waals surface area contributed by atoms with E-state index in [1.165, 1.54) is 7.11 Å². The van der Waals surface area contributed by atoms with Crippen LogP contribution in [0.3, 0.4) is 0 Å². The highest BCUT2D eigenvalue weighted by Crippen LogP contribution is 2.25. The molecule has 0 aliphatic rings. The van der Waals surface area contributed by atoms with Crippen molar-refractivity contribution in [3.8, 4) is 5.75 Å². The molecule has 1 heterocycles. The highest BCUT2D eigenvalue weighted by molar-refractivity contribution is 5.82. The summed E-state index contributed by atoms with van der Waals surface area (Å²) >= 11 is 0. The van der Waals surface area contributed by atoms with E-state index in [0.29, 0.717) is 0 Å². The fourth-order valence-electron chi connectivity index (χ4n) is 2.35. The SMILES string of the molecule is COC(=O)C(c1ccc(OC)cc1)n1nnc2ccccc21. The van der Waals surface area contributed by atoms with E-state index in [1.54, 1.807) is 23.9 Å². The Balaban J connectivity index is 2.11. The van der Waals surface area contributed by atoms with Crippen LogP contribution >= 0.6 is 0 Å². The van der Waals surface area contributed by atoms with Crippen LogP contribution in [0.1, 0.15) is 11.6 Å². The molecule has 0 amide bonds. The van der Waals surface area contributed by atoms with Crippen molar-refractivity contribution in [2.45, 2.75) is 6.04 Å². The Kier molecular flexibility index (Phi) is 3.74. The van der Waals surface area contributed by atoms with E-state index >= 15 is 0 Å². The van der Waals surface area contributed by atoms with E-state index in [4.69, 9.17) is 9.47 Å². The summed E-state index contributed by atoms with van der Waals surface area (Å²) in [5.74, 6) is 0.316. The van der Waals surface area contributed by atoms with E-state index in [1.807, 2.05) is 36.4 Å². The van der Waals surface area contributed by atoms with Crippen LogP contribution in [0, 0.1) is 0 Å². The lowest BCUT2D eigenvalue weighted by Gasteiger charge is -2.16. The topological polar surface area (TPSA) is 66.2 Å². The number of carbonyl (C=O) groups excluding carboxylic acids is 1. The van der Waals surface area contributed by atoms with E-state index in [9.17, 15) is 4.79 Å². The number of fused-ring (bicyclic) bond motifs is 1. The average molecular weight is 297 g/mol. The maximum atomic E-state index is 12.3. The molecule has 0 radical (unpaired) electrons. The maximum absolute atomic E-state index is 12.3. The number of hydrogen-bond acceptors (Lipinski definition) is 5. The zero-order chi connectivity index (χ0) is 15.5. The van der Waals surface area contributed by atoms with Gasteiger partial charge < -0.3 is 9.47 Å². The number of ether oxygens (including phenoxy) is 2. The number of benzene rings is 2. The summed E-state index contributed by atoms with van der Waals surface area (Å²) in [6, 6.07) is 14.0. The van der Waals surface area contributed by atoms with Gasteiger partial charge in [-0.05, 0) is 29.8 Å². The smallest absolute Gasteiger partial charge is 0.335 e. The highest BCUT2D eigenvalue weighted by atomic mass is 16.5. The summed E-state index contributed by atoms with van der Waals surface area (Å²) in [6.45, 7) is 0. The van der Waals surface area contributed by atoms with Crippen molar-refractivity contribution in [3.63, 3.8) is 0 Å². The second-order valence-electron chi connectivity index (χ2n) is 4.72. The Morgan fingerprint density at radius 1 is 1.09 bits per heavy atom. The quantitative estimate of drug-likeness (QED) is 0.691. The molecule has 1 atom stereocenters. The number of methoxy groups -OCH3 is 2. The summed E-state index contributed by atoms with van der Waals surface area (Å²) in [4.78, 5) is 12.3. The predicted octanol–water partition coefficient (Wildman–Crippen LogP) is 2.20. The van der Waals surface area contributed by atoms with Crippen LogP contribution in [0.5, 0.6) is 5.75 Å². The number of carbonyl (C=O) groups is 1. The largest absolute Gasteiger partial charge is 0.497 e. The molecule has 6 nitrogen and oxygen atoms in total. The standard InChI is InChI=1S/C16H15N3O3/c1-21-12-9-7-11(8-10-12)15(16(20)22-2)19-14-6-4-3-5-13(14)17-18-19/h3-10,15H,1-2H3. The molecule has 0 saturated heterocycles. The van der Waals surface area contributed by atoms with Gasteiger partial charge in [-0.15, -0.1) is 5.10 Å². The molecule has 0 spiro atoms. The van der Waals surface area contributed by atoms with Crippen molar-refractivity contribution in [2.24, 2.45) is 0 Å². The van der Waals surface area contributed by atoms with Crippen molar-refractivity contribution >= 4 is 17.0 Å². The van der Waals surface area contributed by atoms with Gasteiger partial charge in [0.2, 0.25) is 0 Å². The monoisotopic (exact) mass is 297 g/mol. The van der Waals surface area contributed by atoms with Gasteiger partial charge in [-0.2, -0.15) is 0 Å². The molecular weight excluding hydrogens is 282 g/mol. The van der Waals surface area contributed by atoms with E-state index < -0.39 is 12.0 Å². The third kappa shape index (κ3) is 2.39. The van der Waals surface area contributed by atoms with Gasteiger partial charge >= 0.3 is 5.97 Å². The van der Waals surface area contributed by atoms with Crippen LogP contribution in [0.4, 0.5) is 0 Å². The molecule has 0 aliphatic heterocycles. The average Bonchev–Trinajstić information content (AvgIpc) is 2.99. The van der Waals surface area contributed by atoms with Gasteiger partial charge in [0.15, 0.2) is 6.04 Å². The fourth-order valence-corrected chi connectivity index (χ4v) is 2.35. The molecule has 3 rings (SSSR count). The van der Waals surface area contributed by atoms with Gasteiger partial charge in [0.25, 0.3) is 0 Å². The number of aromatic nitrogens is 3. The van der Waals surface area contributed by atoms with Crippen molar-refractivity contribution in [2.75, 3.05) is 14.2 Å². The first-order valence-electron chi connectivity index (χ1n) is 6.76. The Morgan fingerprint density at radius 2 is 1.82 bits per heavy atom. The lowest BCUT2D eigenvalue weighted by Crippen LogP contribution is -2.23. The summed E-state index contributed by atoms with van der Waals surface area (Å²) in [7, 11) is 2.95. The Labute approximate surface area is 127 Å². The summed E-state index contributed by atoms with van der Waals surface area (Å²) in [5, 5.41) is 8.21. The Hall–Kier alpha value is -2.89. The molecular formula is C16H15N3O3. The third-order valence-electron chi connectivity index (χ3n) is 3.48. The van der Waals surface area contributed by atoms with E-state index in [-0.39, 0.29) is 0 Å². The normalized spacial score (nSPS) is 12.1. The zero-order valence-electron chi connectivity index (χ0n) is 12.3. The molecule has 0 aliphatic carbocycles. The summed E-state index contributed by atoms with van der Waals surface area (Å²) < 4.78 is 11.7. The number of para-hydroxylation sites is 1. The molecule has 0 bridgehead atoms. The first kappa shape index (κ1) is 14.1. The van der Waals surface area contributed by atoms with Crippen molar-refractivity contribution in [1.82, 2.24) is 15.0 Å². The van der Waals surface area contributed by atoms with E-state index in [2.05, 4.69) is 10.3 Å². The van der Waals surface area contributed by atoms with Crippen LogP contribution < -0.4 is 4.74 Å². The Morgan fingerprint density at radius 3 is 2.50 bits per heavy atom. The molecule has 0 saturated carbocycles. The van der Waals surface area contributed by atoms with Gasteiger partial charge in [0.05, 0.1) is 19.7 Å². The van der Waals surface area contributed by atoms with Crippen LogP contribution in [-0.2, 0) is 9.53 Å². The number of rotatable bonds is 4. The third-order valence-corrected chi connectivity index (χ3v) is 3.48. The van der Waals surface area contributed by atoms with Gasteiger partial charge in [-0.1, -0.05) is 29.5 Å². The first-order valence-corrected chi connectivity index (χ1v) is 6.76. The minimum absolute atomic E-state index is 0.402. The molecule has 0 N–H and O–H groups in total. The van der Waals surface area contributed by atoms with Crippen LogP contribution in [0.2, 0.25) is 0 Å². The first-order chi connectivity index (χ1) is 10.7. The van der Waals surface area contributed by atoms with Crippen molar-refractivity contribution in [3.05, 3.63) is 54.1 Å². The molecule has 6 heteroatoms. The molecule has 3 aromatic rings. The van der Waals surface area contributed by atoms with Gasteiger partial charge in [-0.25, -0.2) is 9.48 Å². The lowest BCUT2D eigenvalue weighted by atomic mass is 10.1. The Bertz CT molecular complexity index is 796. The fraction of sp³-hybridized carbons (Fsp3) is 0.188. The molecule has 22 heavy (non-hydrogen) atoms. The number of esters is 1. The molecule has 1 unspecified atom stereocenters. The minimum Gasteiger partial charge on any atom is -0.497 e.